The highest BCUT2D eigenvalue weighted by molar-refractivity contribution is 6.31. The standard InChI is InChI=1S/C17H22ClN7/c1-3-19-17(22-10-16-23-11-24-25(16)2)20-7-6-12-9-21-15-5-4-13(18)8-14(12)15/h4-5,8-9,11,21H,3,6-7,10H2,1-2H3,(H2,19,20,22). The molecular formula is C17H22ClN7. The van der Waals surface area contributed by atoms with Gasteiger partial charge in [-0.2, -0.15) is 5.10 Å². The van der Waals surface area contributed by atoms with Crippen LogP contribution < -0.4 is 10.6 Å². The number of fused-ring (bicyclic) bond motifs is 1. The summed E-state index contributed by atoms with van der Waals surface area (Å²) in [5.41, 5.74) is 2.33. The van der Waals surface area contributed by atoms with Crippen LogP contribution in [0.5, 0.6) is 0 Å². The fraction of sp³-hybridized carbons (Fsp3) is 0.353. The molecule has 0 radical (unpaired) electrons. The number of rotatable bonds is 6. The van der Waals surface area contributed by atoms with Crippen molar-refractivity contribution in [2.24, 2.45) is 12.0 Å². The summed E-state index contributed by atoms with van der Waals surface area (Å²) < 4.78 is 1.72. The molecule has 0 bridgehead atoms. The van der Waals surface area contributed by atoms with Crippen LogP contribution in [0.2, 0.25) is 5.02 Å². The van der Waals surface area contributed by atoms with Crippen molar-refractivity contribution in [2.75, 3.05) is 13.1 Å². The Morgan fingerprint density at radius 2 is 2.24 bits per heavy atom. The Hall–Kier alpha value is -2.54. The first-order valence-electron chi connectivity index (χ1n) is 8.28. The number of nitrogens with zero attached hydrogens (tertiary/aromatic N) is 4. The summed E-state index contributed by atoms with van der Waals surface area (Å²) in [4.78, 5) is 12.0. The zero-order chi connectivity index (χ0) is 17.6. The molecule has 0 saturated carbocycles. The van der Waals surface area contributed by atoms with Gasteiger partial charge in [-0.25, -0.2) is 9.98 Å². The van der Waals surface area contributed by atoms with Gasteiger partial charge in [0.25, 0.3) is 0 Å². The predicted molar refractivity (Wildman–Crippen MR) is 101 cm³/mol. The molecule has 0 aliphatic carbocycles. The molecule has 1 aromatic carbocycles. The number of benzene rings is 1. The molecule has 132 valence electrons. The van der Waals surface area contributed by atoms with Gasteiger partial charge in [-0.3, -0.25) is 4.68 Å². The lowest BCUT2D eigenvalue weighted by Gasteiger charge is -2.11. The first-order chi connectivity index (χ1) is 12.2. The monoisotopic (exact) mass is 359 g/mol. The Morgan fingerprint density at radius 1 is 1.36 bits per heavy atom. The molecular weight excluding hydrogens is 338 g/mol. The average Bonchev–Trinajstić information content (AvgIpc) is 3.19. The van der Waals surface area contributed by atoms with E-state index in [4.69, 9.17) is 11.6 Å². The molecule has 7 nitrogen and oxygen atoms in total. The van der Waals surface area contributed by atoms with E-state index in [-0.39, 0.29) is 0 Å². The summed E-state index contributed by atoms with van der Waals surface area (Å²) in [6, 6.07) is 5.89. The second-order valence-corrected chi connectivity index (χ2v) is 6.11. The van der Waals surface area contributed by atoms with Crippen LogP contribution in [0, 0.1) is 0 Å². The van der Waals surface area contributed by atoms with Crippen molar-refractivity contribution in [3.8, 4) is 0 Å². The second-order valence-electron chi connectivity index (χ2n) is 5.68. The molecule has 3 N–H and O–H groups in total. The number of aryl methyl sites for hydroxylation is 1. The maximum absolute atomic E-state index is 6.10. The fourth-order valence-electron chi connectivity index (χ4n) is 2.63. The first-order valence-corrected chi connectivity index (χ1v) is 8.65. The third kappa shape index (κ3) is 4.30. The number of aromatic nitrogens is 4. The number of halogens is 1. The Labute approximate surface area is 151 Å². The zero-order valence-electron chi connectivity index (χ0n) is 14.4. The average molecular weight is 360 g/mol. The minimum atomic E-state index is 0.481. The van der Waals surface area contributed by atoms with E-state index in [1.807, 2.05) is 38.4 Å². The van der Waals surface area contributed by atoms with Crippen LogP contribution in [0.25, 0.3) is 10.9 Å². The Morgan fingerprint density at radius 3 is 3.00 bits per heavy atom. The van der Waals surface area contributed by atoms with Crippen LogP contribution in [0.1, 0.15) is 18.3 Å². The molecule has 0 spiro atoms. The van der Waals surface area contributed by atoms with Crippen LogP contribution in [0.15, 0.2) is 35.7 Å². The quantitative estimate of drug-likeness (QED) is 0.465. The van der Waals surface area contributed by atoms with Crippen molar-refractivity contribution < 1.29 is 0 Å². The highest BCUT2D eigenvalue weighted by Crippen LogP contribution is 2.22. The molecule has 0 amide bonds. The van der Waals surface area contributed by atoms with Gasteiger partial charge in [-0.1, -0.05) is 11.6 Å². The van der Waals surface area contributed by atoms with Gasteiger partial charge in [-0.15, -0.1) is 0 Å². The zero-order valence-corrected chi connectivity index (χ0v) is 15.1. The SMILES string of the molecule is CCNC(=NCc1ncnn1C)NCCc1c[nH]c2ccc(Cl)cc12. The fourth-order valence-corrected chi connectivity index (χ4v) is 2.80. The van der Waals surface area contributed by atoms with Gasteiger partial charge in [0.05, 0.1) is 0 Å². The van der Waals surface area contributed by atoms with Crippen LogP contribution in [-0.4, -0.2) is 38.8 Å². The number of guanidine groups is 1. The number of aromatic amines is 1. The number of hydrogen-bond acceptors (Lipinski definition) is 3. The molecule has 0 aliphatic heterocycles. The van der Waals surface area contributed by atoms with Gasteiger partial charge in [0, 0.05) is 42.3 Å². The molecule has 0 atom stereocenters. The van der Waals surface area contributed by atoms with E-state index >= 15 is 0 Å². The van der Waals surface area contributed by atoms with E-state index in [1.165, 1.54) is 11.9 Å². The molecule has 3 aromatic rings. The predicted octanol–water partition coefficient (Wildman–Crippen LogP) is 2.25. The number of nitrogens with one attached hydrogen (secondary N) is 3. The van der Waals surface area contributed by atoms with Gasteiger partial charge in [0.15, 0.2) is 5.96 Å². The molecule has 0 saturated heterocycles. The number of hydrogen-bond donors (Lipinski definition) is 3. The minimum absolute atomic E-state index is 0.481. The van der Waals surface area contributed by atoms with E-state index in [2.05, 4.69) is 30.7 Å². The summed E-state index contributed by atoms with van der Waals surface area (Å²) in [6.45, 7) is 4.09. The lowest BCUT2D eigenvalue weighted by molar-refractivity contribution is 0.697. The lowest BCUT2D eigenvalue weighted by Crippen LogP contribution is -2.38. The summed E-state index contributed by atoms with van der Waals surface area (Å²) in [5.74, 6) is 1.59. The van der Waals surface area contributed by atoms with Gasteiger partial charge in [0.2, 0.25) is 0 Å². The molecule has 2 heterocycles. The molecule has 25 heavy (non-hydrogen) atoms. The summed E-state index contributed by atoms with van der Waals surface area (Å²) in [7, 11) is 1.86. The Bertz CT molecular complexity index is 865. The van der Waals surface area contributed by atoms with Crippen molar-refractivity contribution in [2.45, 2.75) is 19.9 Å². The highest BCUT2D eigenvalue weighted by atomic mass is 35.5. The van der Waals surface area contributed by atoms with E-state index in [1.54, 1.807) is 4.68 Å². The largest absolute Gasteiger partial charge is 0.361 e. The van der Waals surface area contributed by atoms with Crippen molar-refractivity contribution in [3.63, 3.8) is 0 Å². The van der Waals surface area contributed by atoms with Gasteiger partial charge in [0.1, 0.15) is 18.7 Å². The van der Waals surface area contributed by atoms with Crippen LogP contribution in [0.4, 0.5) is 0 Å². The third-order valence-corrected chi connectivity index (χ3v) is 4.18. The topological polar surface area (TPSA) is 82.9 Å². The van der Waals surface area contributed by atoms with Gasteiger partial charge in [-0.05, 0) is 37.1 Å². The smallest absolute Gasteiger partial charge is 0.191 e. The summed E-state index contributed by atoms with van der Waals surface area (Å²) in [5, 5.41) is 12.6. The number of aliphatic imine (C=N–C) groups is 1. The van der Waals surface area contributed by atoms with Crippen LogP contribution >= 0.6 is 11.6 Å². The normalized spacial score (nSPS) is 11.9. The minimum Gasteiger partial charge on any atom is -0.361 e. The molecule has 0 unspecified atom stereocenters. The van der Waals surface area contributed by atoms with Crippen molar-refractivity contribution in [3.05, 3.63) is 47.1 Å². The third-order valence-electron chi connectivity index (χ3n) is 3.94. The maximum atomic E-state index is 6.10. The van der Waals surface area contributed by atoms with Crippen LogP contribution in [-0.2, 0) is 20.0 Å². The Balaban J connectivity index is 1.61. The second kappa shape index (κ2) is 8.02. The Kier molecular flexibility index (Phi) is 5.55. The maximum Gasteiger partial charge on any atom is 0.191 e. The molecule has 0 aliphatic rings. The first kappa shape index (κ1) is 17.3. The van der Waals surface area contributed by atoms with E-state index in [0.29, 0.717) is 6.54 Å². The molecule has 3 rings (SSSR count). The van der Waals surface area contributed by atoms with Crippen molar-refractivity contribution >= 4 is 28.5 Å². The van der Waals surface area contributed by atoms with Gasteiger partial charge < -0.3 is 15.6 Å². The van der Waals surface area contributed by atoms with Crippen molar-refractivity contribution in [1.82, 2.24) is 30.4 Å². The molecule has 0 fully saturated rings. The highest BCUT2D eigenvalue weighted by Gasteiger charge is 2.05. The van der Waals surface area contributed by atoms with Gasteiger partial charge >= 0.3 is 0 Å². The van der Waals surface area contributed by atoms with E-state index < -0.39 is 0 Å². The number of H-pyrrole nitrogens is 1. The van der Waals surface area contributed by atoms with Crippen molar-refractivity contribution in [1.29, 1.82) is 0 Å². The van der Waals surface area contributed by atoms with E-state index in [9.17, 15) is 0 Å². The lowest BCUT2D eigenvalue weighted by atomic mass is 10.1. The van der Waals surface area contributed by atoms with Crippen LogP contribution in [0.3, 0.4) is 0 Å². The molecule has 8 heteroatoms. The summed E-state index contributed by atoms with van der Waals surface area (Å²) >= 11 is 6.10. The molecule has 2 aromatic heterocycles. The summed E-state index contributed by atoms with van der Waals surface area (Å²) in [6.07, 6.45) is 4.44. The van der Waals surface area contributed by atoms with E-state index in [0.717, 1.165) is 47.2 Å².